The molecule has 0 saturated carbocycles. The highest BCUT2D eigenvalue weighted by Crippen LogP contribution is 2.29. The molecule has 28 heavy (non-hydrogen) atoms. The third kappa shape index (κ3) is 4.70. The van der Waals surface area contributed by atoms with Gasteiger partial charge in [-0.25, -0.2) is 0 Å². The van der Waals surface area contributed by atoms with E-state index in [4.69, 9.17) is 0 Å². The molecular formula is C21H20F3N3O. The zero-order valence-electron chi connectivity index (χ0n) is 15.4. The lowest BCUT2D eigenvalue weighted by atomic mass is 10.1. The molecule has 0 bridgehead atoms. The predicted molar refractivity (Wildman–Crippen MR) is 99.9 cm³/mol. The number of rotatable bonds is 5. The fourth-order valence-electron chi connectivity index (χ4n) is 3.35. The minimum atomic E-state index is -4.33. The quantitative estimate of drug-likeness (QED) is 0.770. The largest absolute Gasteiger partial charge is 0.416 e. The summed E-state index contributed by atoms with van der Waals surface area (Å²) in [6.45, 7) is 3.55. The van der Waals surface area contributed by atoms with E-state index < -0.39 is 11.7 Å². The summed E-state index contributed by atoms with van der Waals surface area (Å²) in [5.41, 5.74) is 1.83. The van der Waals surface area contributed by atoms with E-state index >= 15 is 0 Å². The van der Waals surface area contributed by atoms with Gasteiger partial charge in [0.25, 0.3) is 0 Å². The van der Waals surface area contributed by atoms with E-state index in [9.17, 15) is 23.2 Å². The second-order valence-electron chi connectivity index (χ2n) is 6.99. The number of nitriles is 1. The van der Waals surface area contributed by atoms with E-state index in [1.165, 1.54) is 19.1 Å². The number of Topliss-reactive ketones (excluding diaryl/α,β-unsaturated/α-hetero) is 1. The molecule has 1 fully saturated rings. The van der Waals surface area contributed by atoms with Gasteiger partial charge in [-0.15, -0.1) is 0 Å². The minimum Gasteiger partial charge on any atom is -0.380 e. The van der Waals surface area contributed by atoms with E-state index in [1.807, 2.05) is 0 Å². The Morgan fingerprint density at radius 3 is 2.57 bits per heavy atom. The van der Waals surface area contributed by atoms with Gasteiger partial charge in [-0.3, -0.25) is 9.69 Å². The average molecular weight is 387 g/mol. The number of hydrogen-bond acceptors (Lipinski definition) is 4. The monoisotopic (exact) mass is 387 g/mol. The molecule has 1 unspecified atom stereocenters. The van der Waals surface area contributed by atoms with Gasteiger partial charge in [-0.1, -0.05) is 12.1 Å². The first kappa shape index (κ1) is 19.9. The van der Waals surface area contributed by atoms with Crippen LogP contribution >= 0.6 is 0 Å². The number of anilines is 1. The Hall–Kier alpha value is -2.85. The summed E-state index contributed by atoms with van der Waals surface area (Å²) in [5.74, 6) is -0.0668. The Labute approximate surface area is 161 Å². The van der Waals surface area contributed by atoms with Crippen LogP contribution in [0.1, 0.15) is 40.4 Å². The topological polar surface area (TPSA) is 56.1 Å². The van der Waals surface area contributed by atoms with Gasteiger partial charge in [0.05, 0.1) is 16.8 Å². The van der Waals surface area contributed by atoms with Crippen molar-refractivity contribution in [2.45, 2.75) is 32.1 Å². The molecule has 0 amide bonds. The Bertz CT molecular complexity index is 901. The maximum Gasteiger partial charge on any atom is 0.416 e. The first-order valence-electron chi connectivity index (χ1n) is 8.96. The van der Waals surface area contributed by atoms with Crippen LogP contribution < -0.4 is 5.32 Å². The van der Waals surface area contributed by atoms with Gasteiger partial charge in [0.1, 0.15) is 6.07 Å². The van der Waals surface area contributed by atoms with Crippen LogP contribution in [0.2, 0.25) is 0 Å². The lowest BCUT2D eigenvalue weighted by Crippen LogP contribution is -2.26. The van der Waals surface area contributed by atoms with Crippen LogP contribution in [-0.4, -0.2) is 29.8 Å². The molecule has 1 saturated heterocycles. The van der Waals surface area contributed by atoms with Crippen molar-refractivity contribution in [3.05, 3.63) is 64.7 Å². The van der Waals surface area contributed by atoms with Crippen molar-refractivity contribution in [3.8, 4) is 6.07 Å². The maximum absolute atomic E-state index is 12.7. The summed E-state index contributed by atoms with van der Waals surface area (Å²) in [6, 6.07) is 12.4. The van der Waals surface area contributed by atoms with Gasteiger partial charge in [0, 0.05) is 31.2 Å². The maximum atomic E-state index is 12.7. The van der Waals surface area contributed by atoms with Crippen molar-refractivity contribution in [3.63, 3.8) is 0 Å². The number of nitrogens with one attached hydrogen (secondary N) is 1. The van der Waals surface area contributed by atoms with Gasteiger partial charge in [0.15, 0.2) is 5.78 Å². The number of likely N-dealkylation sites (tertiary alicyclic amines) is 1. The van der Waals surface area contributed by atoms with Crippen LogP contribution in [0, 0.1) is 11.3 Å². The molecule has 0 radical (unpaired) electrons. The van der Waals surface area contributed by atoms with E-state index in [1.54, 1.807) is 18.2 Å². The second-order valence-corrected chi connectivity index (χ2v) is 6.99. The second kappa shape index (κ2) is 8.03. The number of ketones is 1. The first-order chi connectivity index (χ1) is 13.3. The van der Waals surface area contributed by atoms with Gasteiger partial charge < -0.3 is 5.32 Å². The molecule has 4 nitrogen and oxygen atoms in total. The first-order valence-corrected chi connectivity index (χ1v) is 8.96. The molecule has 2 aromatic carbocycles. The summed E-state index contributed by atoms with van der Waals surface area (Å²) in [6.07, 6.45) is -3.48. The van der Waals surface area contributed by atoms with E-state index in [0.717, 1.165) is 30.7 Å². The molecule has 0 aliphatic carbocycles. The Kier molecular flexibility index (Phi) is 5.71. The highest BCUT2D eigenvalue weighted by molar-refractivity contribution is 5.95. The van der Waals surface area contributed by atoms with E-state index in [-0.39, 0.29) is 11.8 Å². The van der Waals surface area contributed by atoms with Crippen molar-refractivity contribution in [1.29, 1.82) is 5.26 Å². The predicted octanol–water partition coefficient (Wildman–Crippen LogP) is 4.47. The third-order valence-electron chi connectivity index (χ3n) is 4.87. The number of alkyl halides is 3. The van der Waals surface area contributed by atoms with Crippen molar-refractivity contribution >= 4 is 11.5 Å². The van der Waals surface area contributed by atoms with Crippen LogP contribution in [0.4, 0.5) is 18.9 Å². The number of halogens is 3. The highest BCUT2D eigenvalue weighted by Gasteiger charge is 2.30. The van der Waals surface area contributed by atoms with Crippen LogP contribution in [0.25, 0.3) is 0 Å². The van der Waals surface area contributed by atoms with Crippen molar-refractivity contribution in [2.75, 3.05) is 18.4 Å². The van der Waals surface area contributed by atoms with Gasteiger partial charge in [0.2, 0.25) is 0 Å². The number of nitrogens with zero attached hydrogens (tertiary/aromatic N) is 2. The lowest BCUT2D eigenvalue weighted by molar-refractivity contribution is -0.137. The summed E-state index contributed by atoms with van der Waals surface area (Å²) < 4.78 is 38.0. The lowest BCUT2D eigenvalue weighted by Gasteiger charge is -2.18. The Morgan fingerprint density at radius 1 is 1.25 bits per heavy atom. The zero-order chi connectivity index (χ0) is 20.3. The molecule has 3 rings (SSSR count). The van der Waals surface area contributed by atoms with Gasteiger partial charge in [-0.2, -0.15) is 18.4 Å². The smallest absolute Gasteiger partial charge is 0.380 e. The minimum absolute atomic E-state index is 0.0668. The molecule has 1 aliphatic rings. The standard InChI is InChI=1S/C21H20F3N3O/c1-14(28)16-4-5-17(11-25)20(10-16)26-19-8-9-27(13-19)12-15-2-6-18(7-3-15)21(22,23)24/h2-7,10,19,26H,8-9,12-13H2,1H3. The van der Waals surface area contributed by atoms with Crippen LogP contribution in [0.15, 0.2) is 42.5 Å². The summed E-state index contributed by atoms with van der Waals surface area (Å²) in [5, 5.41) is 12.6. The number of carbonyl (C=O) groups excluding carboxylic acids is 1. The normalized spacial score (nSPS) is 17.3. The van der Waals surface area contributed by atoms with Crippen LogP contribution in [0.3, 0.4) is 0 Å². The number of hydrogen-bond donors (Lipinski definition) is 1. The fourth-order valence-corrected chi connectivity index (χ4v) is 3.35. The molecule has 1 N–H and O–H groups in total. The van der Waals surface area contributed by atoms with Crippen LogP contribution in [-0.2, 0) is 12.7 Å². The molecule has 0 spiro atoms. The van der Waals surface area contributed by atoms with Crippen molar-refractivity contribution in [1.82, 2.24) is 4.90 Å². The molecular weight excluding hydrogens is 367 g/mol. The number of benzene rings is 2. The average Bonchev–Trinajstić information content (AvgIpc) is 3.08. The SMILES string of the molecule is CC(=O)c1ccc(C#N)c(NC2CCN(Cc3ccc(C(F)(F)F)cc3)C2)c1. The number of carbonyl (C=O) groups is 1. The van der Waals surface area contributed by atoms with E-state index in [2.05, 4.69) is 16.3 Å². The zero-order valence-corrected chi connectivity index (χ0v) is 15.4. The molecule has 146 valence electrons. The summed E-state index contributed by atoms with van der Waals surface area (Å²) >= 11 is 0. The summed E-state index contributed by atoms with van der Waals surface area (Å²) in [4.78, 5) is 13.7. The molecule has 1 heterocycles. The Balaban J connectivity index is 1.62. The Morgan fingerprint density at radius 2 is 1.96 bits per heavy atom. The molecule has 0 aromatic heterocycles. The van der Waals surface area contributed by atoms with Gasteiger partial charge in [-0.05, 0) is 49.2 Å². The van der Waals surface area contributed by atoms with Gasteiger partial charge >= 0.3 is 6.18 Å². The van der Waals surface area contributed by atoms with Crippen molar-refractivity contribution in [2.24, 2.45) is 0 Å². The molecule has 1 aliphatic heterocycles. The summed E-state index contributed by atoms with van der Waals surface area (Å²) in [7, 11) is 0. The molecule has 1 atom stereocenters. The van der Waals surface area contributed by atoms with Crippen LogP contribution in [0.5, 0.6) is 0 Å². The molecule has 7 heteroatoms. The fraction of sp³-hybridized carbons (Fsp3) is 0.333. The van der Waals surface area contributed by atoms with Crippen molar-refractivity contribution < 1.29 is 18.0 Å². The molecule has 2 aromatic rings. The third-order valence-corrected chi connectivity index (χ3v) is 4.87. The van der Waals surface area contributed by atoms with E-state index in [0.29, 0.717) is 29.9 Å². The highest BCUT2D eigenvalue weighted by atomic mass is 19.4.